The molecule has 0 aliphatic rings. The van der Waals surface area contributed by atoms with Gasteiger partial charge in [0.15, 0.2) is 0 Å². The number of amidine groups is 1. The summed E-state index contributed by atoms with van der Waals surface area (Å²) in [6, 6.07) is 7.68. The number of nitrogens with one attached hydrogen (secondary N) is 2. The van der Waals surface area contributed by atoms with E-state index in [2.05, 4.69) is 5.32 Å². The monoisotopic (exact) mass is 291 g/mol. The van der Waals surface area contributed by atoms with E-state index in [1.54, 1.807) is 0 Å². The number of aryl methyl sites for hydroxylation is 1. The van der Waals surface area contributed by atoms with Crippen molar-refractivity contribution in [1.82, 2.24) is 5.32 Å². The first-order chi connectivity index (χ1) is 9.78. The highest BCUT2D eigenvalue weighted by molar-refractivity contribution is 5.94. The highest BCUT2D eigenvalue weighted by atomic mass is 16.6. The largest absolute Gasteiger partial charge is 0.444 e. The van der Waals surface area contributed by atoms with Crippen LogP contribution in [0.2, 0.25) is 0 Å². The molecule has 0 aromatic heterocycles. The lowest BCUT2D eigenvalue weighted by molar-refractivity contribution is 0.0527. The SMILES string of the molecule is CC(C)(C)OC(=O)NCCCCc1ccc(C(=N)N)cc1. The van der Waals surface area contributed by atoms with Gasteiger partial charge in [-0.2, -0.15) is 0 Å². The van der Waals surface area contributed by atoms with Gasteiger partial charge in [0, 0.05) is 12.1 Å². The van der Waals surface area contributed by atoms with E-state index >= 15 is 0 Å². The fourth-order valence-corrected chi connectivity index (χ4v) is 1.81. The molecule has 0 radical (unpaired) electrons. The number of ether oxygens (including phenoxy) is 1. The number of carbonyl (C=O) groups excluding carboxylic acids is 1. The number of benzene rings is 1. The third-order valence-electron chi connectivity index (χ3n) is 2.83. The average molecular weight is 291 g/mol. The van der Waals surface area contributed by atoms with Gasteiger partial charge in [0.1, 0.15) is 11.4 Å². The highest BCUT2D eigenvalue weighted by Gasteiger charge is 2.15. The molecule has 1 aromatic carbocycles. The van der Waals surface area contributed by atoms with E-state index in [-0.39, 0.29) is 11.9 Å². The fraction of sp³-hybridized carbons (Fsp3) is 0.500. The van der Waals surface area contributed by atoms with Crippen LogP contribution in [0.3, 0.4) is 0 Å². The van der Waals surface area contributed by atoms with Crippen molar-refractivity contribution in [3.05, 3.63) is 35.4 Å². The predicted molar refractivity (Wildman–Crippen MR) is 84.6 cm³/mol. The standard InChI is InChI=1S/C16H25N3O2/c1-16(2,3)21-15(20)19-11-5-4-6-12-7-9-13(10-8-12)14(17)18/h7-10H,4-6,11H2,1-3H3,(H3,17,18)(H,19,20). The van der Waals surface area contributed by atoms with E-state index in [0.717, 1.165) is 24.8 Å². The third kappa shape index (κ3) is 7.34. The summed E-state index contributed by atoms with van der Waals surface area (Å²) in [5, 5.41) is 10.1. The second-order valence-corrected chi connectivity index (χ2v) is 6.00. The minimum absolute atomic E-state index is 0.0862. The summed E-state index contributed by atoms with van der Waals surface area (Å²) >= 11 is 0. The van der Waals surface area contributed by atoms with Crippen LogP contribution in [0.25, 0.3) is 0 Å². The molecule has 1 rings (SSSR count). The van der Waals surface area contributed by atoms with E-state index < -0.39 is 5.60 Å². The Labute approximate surface area is 126 Å². The van der Waals surface area contributed by atoms with E-state index in [4.69, 9.17) is 15.9 Å². The number of nitrogens with two attached hydrogens (primary N) is 1. The van der Waals surface area contributed by atoms with Crippen molar-refractivity contribution >= 4 is 11.9 Å². The molecule has 0 aliphatic carbocycles. The first-order valence-electron chi connectivity index (χ1n) is 7.18. The van der Waals surface area contributed by atoms with Gasteiger partial charge in [0.25, 0.3) is 0 Å². The number of unbranched alkanes of at least 4 members (excludes halogenated alkanes) is 1. The molecule has 0 saturated heterocycles. The van der Waals surface area contributed by atoms with E-state index in [9.17, 15) is 4.79 Å². The zero-order valence-corrected chi connectivity index (χ0v) is 13.0. The molecule has 1 amide bonds. The topological polar surface area (TPSA) is 88.2 Å². The summed E-state index contributed by atoms with van der Waals surface area (Å²) < 4.78 is 5.16. The number of hydrogen-bond donors (Lipinski definition) is 3. The smallest absolute Gasteiger partial charge is 0.407 e. The summed E-state index contributed by atoms with van der Waals surface area (Å²) in [4.78, 5) is 11.4. The Morgan fingerprint density at radius 3 is 2.38 bits per heavy atom. The summed E-state index contributed by atoms with van der Waals surface area (Å²) in [6.45, 7) is 6.15. The first-order valence-corrected chi connectivity index (χ1v) is 7.18. The predicted octanol–water partition coefficient (Wildman–Crippen LogP) is 2.82. The molecule has 0 saturated carbocycles. The van der Waals surface area contributed by atoms with Gasteiger partial charge in [-0.15, -0.1) is 0 Å². The Bertz CT molecular complexity index is 475. The molecular formula is C16H25N3O2. The summed E-state index contributed by atoms with van der Waals surface area (Å²) in [5.74, 6) is 0.0862. The van der Waals surface area contributed by atoms with Crippen molar-refractivity contribution in [1.29, 1.82) is 5.41 Å². The van der Waals surface area contributed by atoms with Gasteiger partial charge in [-0.25, -0.2) is 4.79 Å². The van der Waals surface area contributed by atoms with Gasteiger partial charge in [0.05, 0.1) is 0 Å². The minimum atomic E-state index is -0.456. The van der Waals surface area contributed by atoms with Gasteiger partial charge >= 0.3 is 6.09 Å². The Morgan fingerprint density at radius 1 is 1.24 bits per heavy atom. The fourth-order valence-electron chi connectivity index (χ4n) is 1.81. The molecule has 0 unspecified atom stereocenters. The van der Waals surface area contributed by atoms with Crippen molar-refractivity contribution in [3.8, 4) is 0 Å². The number of hydrogen-bond acceptors (Lipinski definition) is 3. The van der Waals surface area contributed by atoms with Crippen LogP contribution in [0.15, 0.2) is 24.3 Å². The second kappa shape index (κ2) is 7.67. The lowest BCUT2D eigenvalue weighted by atomic mass is 10.1. The van der Waals surface area contributed by atoms with Crippen molar-refractivity contribution in [2.24, 2.45) is 5.73 Å². The summed E-state index contributed by atoms with van der Waals surface area (Å²) in [6.07, 6.45) is 2.45. The Morgan fingerprint density at radius 2 is 1.86 bits per heavy atom. The van der Waals surface area contributed by atoms with Crippen LogP contribution in [-0.2, 0) is 11.2 Å². The molecule has 0 bridgehead atoms. The molecule has 116 valence electrons. The quantitative estimate of drug-likeness (QED) is 0.428. The Balaban J connectivity index is 2.19. The molecule has 0 heterocycles. The molecule has 0 fully saturated rings. The lowest BCUT2D eigenvalue weighted by Gasteiger charge is -2.19. The number of amides is 1. The number of rotatable bonds is 6. The normalized spacial score (nSPS) is 11.0. The first kappa shape index (κ1) is 17.0. The van der Waals surface area contributed by atoms with Crippen molar-refractivity contribution in [2.75, 3.05) is 6.54 Å². The molecule has 1 aromatic rings. The van der Waals surface area contributed by atoms with Crippen molar-refractivity contribution in [3.63, 3.8) is 0 Å². The third-order valence-corrected chi connectivity index (χ3v) is 2.83. The summed E-state index contributed by atoms with van der Waals surface area (Å²) in [7, 11) is 0. The maximum atomic E-state index is 11.4. The van der Waals surface area contributed by atoms with Gasteiger partial charge < -0.3 is 15.8 Å². The maximum absolute atomic E-state index is 11.4. The summed E-state index contributed by atoms with van der Waals surface area (Å²) in [5.41, 5.74) is 6.90. The number of nitrogen functional groups attached to an aromatic ring is 1. The highest BCUT2D eigenvalue weighted by Crippen LogP contribution is 2.08. The van der Waals surface area contributed by atoms with E-state index in [0.29, 0.717) is 6.54 Å². The van der Waals surface area contributed by atoms with E-state index in [1.807, 2.05) is 45.0 Å². The van der Waals surface area contributed by atoms with Crippen LogP contribution in [-0.4, -0.2) is 24.1 Å². The van der Waals surface area contributed by atoms with Crippen molar-refractivity contribution < 1.29 is 9.53 Å². The lowest BCUT2D eigenvalue weighted by Crippen LogP contribution is -2.33. The van der Waals surface area contributed by atoms with Crippen molar-refractivity contribution in [2.45, 2.75) is 45.6 Å². The zero-order valence-electron chi connectivity index (χ0n) is 13.0. The van der Waals surface area contributed by atoms with Gasteiger partial charge in [-0.3, -0.25) is 5.41 Å². The molecule has 4 N–H and O–H groups in total. The van der Waals surface area contributed by atoms with Crippen LogP contribution >= 0.6 is 0 Å². The van der Waals surface area contributed by atoms with Gasteiger partial charge in [-0.1, -0.05) is 24.3 Å². The van der Waals surface area contributed by atoms with Crippen LogP contribution in [0.1, 0.15) is 44.7 Å². The number of carbonyl (C=O) groups is 1. The van der Waals surface area contributed by atoms with Crippen LogP contribution in [0.4, 0.5) is 4.79 Å². The Kier molecular flexibility index (Phi) is 6.21. The van der Waals surface area contributed by atoms with Crippen LogP contribution in [0, 0.1) is 5.41 Å². The molecule has 0 atom stereocenters. The maximum Gasteiger partial charge on any atom is 0.407 e. The molecule has 21 heavy (non-hydrogen) atoms. The Hall–Kier alpha value is -2.04. The second-order valence-electron chi connectivity index (χ2n) is 6.00. The van der Waals surface area contributed by atoms with Gasteiger partial charge in [0.2, 0.25) is 0 Å². The molecular weight excluding hydrogens is 266 g/mol. The molecule has 0 aliphatic heterocycles. The van der Waals surface area contributed by atoms with Gasteiger partial charge in [-0.05, 0) is 45.6 Å². The van der Waals surface area contributed by atoms with Crippen LogP contribution < -0.4 is 11.1 Å². The minimum Gasteiger partial charge on any atom is -0.444 e. The zero-order chi connectivity index (χ0) is 15.9. The average Bonchev–Trinajstić information content (AvgIpc) is 2.36. The molecule has 0 spiro atoms. The molecule has 5 nitrogen and oxygen atoms in total. The van der Waals surface area contributed by atoms with E-state index in [1.165, 1.54) is 5.56 Å². The molecule has 5 heteroatoms. The number of alkyl carbamates (subject to hydrolysis) is 1. The van der Waals surface area contributed by atoms with Crippen LogP contribution in [0.5, 0.6) is 0 Å².